The van der Waals surface area contributed by atoms with E-state index < -0.39 is 6.36 Å². The molecule has 0 heterocycles. The molecular weight excluding hydrogens is 625 g/mol. The first-order valence-corrected chi connectivity index (χ1v) is 18.8. The molecule has 3 saturated carbocycles. The van der Waals surface area contributed by atoms with E-state index in [1.807, 2.05) is 21.0 Å². The standard InChI is InChI=1S/C33H50O.C3H5F3O.2C2H6O.C2H6/c1-6-28(32(34-5)21-24(2)3)22-26-7-11-29(12-8-26)30-13-9-27(10-14-30)23-33(31-15-16-31)19-17-25(4)18-20-33;1-2-7-3(4,5)6;2*1-3-2;1-2/h9-10,13-14,21,25-26,29,31H,6-8,11-12,15-20,22-23H2,1-5H3;2H2,1H3;2*1-2H3;1-2H3/b32-28-;;;;. The number of allylic oxidation sites excluding steroid dienone is 3. The fourth-order valence-electron chi connectivity index (χ4n) is 7.28. The van der Waals surface area contributed by atoms with E-state index in [2.05, 4.69) is 72.2 Å². The highest BCUT2D eigenvalue weighted by Crippen LogP contribution is 2.56. The van der Waals surface area contributed by atoms with Crippen molar-refractivity contribution in [1.29, 1.82) is 0 Å². The molecule has 49 heavy (non-hydrogen) atoms. The molecule has 4 nitrogen and oxygen atoms in total. The van der Waals surface area contributed by atoms with Crippen LogP contribution in [0.4, 0.5) is 13.2 Å². The van der Waals surface area contributed by atoms with Crippen LogP contribution >= 0.6 is 0 Å². The van der Waals surface area contributed by atoms with E-state index >= 15 is 0 Å². The fraction of sp³-hybridized carbons (Fsp3) is 0.762. The quantitative estimate of drug-likeness (QED) is 0.180. The number of hydrogen-bond acceptors (Lipinski definition) is 4. The van der Waals surface area contributed by atoms with Crippen molar-refractivity contribution >= 4 is 0 Å². The van der Waals surface area contributed by atoms with Crippen molar-refractivity contribution in [1.82, 2.24) is 0 Å². The highest BCUT2D eigenvalue weighted by Gasteiger charge is 2.46. The molecule has 0 amide bonds. The van der Waals surface area contributed by atoms with Gasteiger partial charge in [0, 0.05) is 28.4 Å². The van der Waals surface area contributed by atoms with Crippen molar-refractivity contribution in [2.45, 2.75) is 144 Å². The van der Waals surface area contributed by atoms with E-state index in [-0.39, 0.29) is 6.61 Å². The second kappa shape index (κ2) is 26.0. The first-order chi connectivity index (χ1) is 23.3. The maximum atomic E-state index is 10.8. The summed E-state index contributed by atoms with van der Waals surface area (Å²) in [6.45, 7) is 14.0. The van der Waals surface area contributed by atoms with E-state index in [0.717, 1.165) is 35.9 Å². The van der Waals surface area contributed by atoms with Crippen molar-refractivity contribution in [3.05, 3.63) is 58.4 Å². The summed E-state index contributed by atoms with van der Waals surface area (Å²) in [7, 11) is 8.33. The second-order valence-corrected chi connectivity index (χ2v) is 14.1. The zero-order valence-electron chi connectivity index (χ0n) is 33.4. The van der Waals surface area contributed by atoms with Crippen LogP contribution in [0.3, 0.4) is 0 Å². The van der Waals surface area contributed by atoms with Gasteiger partial charge in [0.25, 0.3) is 0 Å². The molecule has 0 aromatic heterocycles. The molecule has 0 aliphatic heterocycles. The Morgan fingerprint density at radius 2 is 1.33 bits per heavy atom. The Kier molecular flexibility index (Phi) is 25.0. The van der Waals surface area contributed by atoms with E-state index in [1.165, 1.54) is 95.1 Å². The number of ether oxygens (including phenoxy) is 4. The van der Waals surface area contributed by atoms with Gasteiger partial charge >= 0.3 is 6.36 Å². The van der Waals surface area contributed by atoms with Crippen molar-refractivity contribution in [2.24, 2.45) is 23.2 Å². The van der Waals surface area contributed by atoms with Crippen molar-refractivity contribution in [3.8, 4) is 0 Å². The number of alkyl halides is 3. The molecule has 286 valence electrons. The topological polar surface area (TPSA) is 36.9 Å². The Balaban J connectivity index is 0.00000130. The molecule has 1 aromatic rings. The lowest BCUT2D eigenvalue weighted by molar-refractivity contribution is -0.322. The van der Waals surface area contributed by atoms with E-state index in [1.54, 1.807) is 39.6 Å². The van der Waals surface area contributed by atoms with Gasteiger partial charge < -0.3 is 14.2 Å². The molecule has 0 saturated heterocycles. The third-order valence-corrected chi connectivity index (χ3v) is 9.83. The first-order valence-electron chi connectivity index (χ1n) is 18.8. The smallest absolute Gasteiger partial charge is 0.497 e. The van der Waals surface area contributed by atoms with Crippen molar-refractivity contribution in [3.63, 3.8) is 0 Å². The Labute approximate surface area is 299 Å². The van der Waals surface area contributed by atoms with Crippen LogP contribution in [0.1, 0.15) is 143 Å². The Hall–Kier alpha value is -1.83. The van der Waals surface area contributed by atoms with Crippen LogP contribution in [0, 0.1) is 23.2 Å². The van der Waals surface area contributed by atoms with Gasteiger partial charge in [-0.2, -0.15) is 0 Å². The molecule has 0 bridgehead atoms. The molecular formula is C42H73F3O4. The monoisotopic (exact) mass is 699 g/mol. The highest BCUT2D eigenvalue weighted by atomic mass is 19.4. The number of halogens is 3. The Morgan fingerprint density at radius 1 is 0.816 bits per heavy atom. The van der Waals surface area contributed by atoms with Crippen LogP contribution in [0.25, 0.3) is 0 Å². The fourth-order valence-corrected chi connectivity index (χ4v) is 7.28. The predicted octanol–water partition coefficient (Wildman–Crippen LogP) is 12.9. The molecule has 3 aliphatic carbocycles. The third-order valence-electron chi connectivity index (χ3n) is 9.83. The van der Waals surface area contributed by atoms with Crippen LogP contribution in [0.5, 0.6) is 0 Å². The van der Waals surface area contributed by atoms with Gasteiger partial charge in [0.2, 0.25) is 0 Å². The SMILES string of the molecule is CC.CC/C(CC1CCC(c2ccc(CC3(C4CC4)CCC(C)CC3)cc2)CC1)=C(\C=C(C)C)OC.CCOC(F)(F)F.COC.COC. The van der Waals surface area contributed by atoms with E-state index in [9.17, 15) is 13.2 Å². The van der Waals surface area contributed by atoms with Crippen molar-refractivity contribution < 1.29 is 32.1 Å². The molecule has 0 radical (unpaired) electrons. The van der Waals surface area contributed by atoms with Gasteiger partial charge in [-0.05, 0) is 143 Å². The molecule has 4 rings (SSSR count). The lowest BCUT2D eigenvalue weighted by Crippen LogP contribution is -2.31. The van der Waals surface area contributed by atoms with E-state index in [4.69, 9.17) is 4.74 Å². The molecule has 3 aliphatic rings. The normalized spacial score (nSPS) is 23.7. The minimum Gasteiger partial charge on any atom is -0.497 e. The summed E-state index contributed by atoms with van der Waals surface area (Å²) in [5.74, 6) is 4.64. The van der Waals surface area contributed by atoms with Gasteiger partial charge in [0.1, 0.15) is 5.76 Å². The van der Waals surface area contributed by atoms with E-state index in [0.29, 0.717) is 5.41 Å². The van der Waals surface area contributed by atoms with Crippen LogP contribution in [0.15, 0.2) is 47.2 Å². The molecule has 0 spiro atoms. The zero-order chi connectivity index (χ0) is 37.5. The van der Waals surface area contributed by atoms with Gasteiger partial charge in [0.15, 0.2) is 0 Å². The summed E-state index contributed by atoms with van der Waals surface area (Å²) < 4.78 is 50.0. The van der Waals surface area contributed by atoms with Crippen LogP contribution in [-0.2, 0) is 25.4 Å². The van der Waals surface area contributed by atoms with Crippen LogP contribution < -0.4 is 0 Å². The van der Waals surface area contributed by atoms with Crippen LogP contribution in [-0.4, -0.2) is 48.5 Å². The number of benzene rings is 1. The van der Waals surface area contributed by atoms with Gasteiger partial charge in [-0.15, -0.1) is 13.2 Å². The molecule has 0 atom stereocenters. The molecule has 1 aromatic carbocycles. The largest absolute Gasteiger partial charge is 0.522 e. The Bertz CT molecular complexity index is 1010. The minimum atomic E-state index is -4.45. The summed E-state index contributed by atoms with van der Waals surface area (Å²) in [6, 6.07) is 9.96. The highest BCUT2D eigenvalue weighted by molar-refractivity contribution is 5.28. The maximum Gasteiger partial charge on any atom is 0.522 e. The third kappa shape index (κ3) is 19.4. The maximum absolute atomic E-state index is 10.8. The minimum absolute atomic E-state index is 0.316. The van der Waals surface area contributed by atoms with Gasteiger partial charge in [-0.1, -0.05) is 70.4 Å². The number of rotatable bonds is 10. The molecule has 0 N–H and O–H groups in total. The summed E-state index contributed by atoms with van der Waals surface area (Å²) in [6.07, 6.45) is 15.6. The first kappa shape index (κ1) is 47.2. The zero-order valence-corrected chi connectivity index (χ0v) is 33.4. The Morgan fingerprint density at radius 3 is 1.69 bits per heavy atom. The summed E-state index contributed by atoms with van der Waals surface area (Å²) in [4.78, 5) is 0. The van der Waals surface area contributed by atoms with Gasteiger partial charge in [-0.25, -0.2) is 0 Å². The lowest BCUT2D eigenvalue weighted by atomic mass is 9.65. The van der Waals surface area contributed by atoms with Gasteiger partial charge in [0.05, 0.1) is 13.7 Å². The summed E-state index contributed by atoms with van der Waals surface area (Å²) in [5, 5.41) is 0. The molecule has 0 unspecified atom stereocenters. The second-order valence-electron chi connectivity index (χ2n) is 14.1. The lowest BCUT2D eigenvalue weighted by Gasteiger charge is -2.40. The molecule has 7 heteroatoms. The molecule has 3 fully saturated rings. The number of methoxy groups -OCH3 is 3. The number of hydrogen-bond donors (Lipinski definition) is 0. The van der Waals surface area contributed by atoms with Gasteiger partial charge in [-0.3, -0.25) is 4.74 Å². The summed E-state index contributed by atoms with van der Waals surface area (Å²) >= 11 is 0. The summed E-state index contributed by atoms with van der Waals surface area (Å²) in [5.41, 5.74) is 6.63. The van der Waals surface area contributed by atoms with Crippen LogP contribution in [0.2, 0.25) is 0 Å². The van der Waals surface area contributed by atoms with Crippen molar-refractivity contribution in [2.75, 3.05) is 42.2 Å². The predicted molar refractivity (Wildman–Crippen MR) is 201 cm³/mol. The average molecular weight is 699 g/mol. The average Bonchev–Trinajstić information content (AvgIpc) is 3.93.